The third-order valence-electron chi connectivity index (χ3n) is 5.08. The number of nitrogens with zero attached hydrogens (tertiary/aromatic N) is 1. The summed E-state index contributed by atoms with van der Waals surface area (Å²) < 4.78 is 17.6. The van der Waals surface area contributed by atoms with Gasteiger partial charge in [0.2, 0.25) is 0 Å². The van der Waals surface area contributed by atoms with Crippen molar-refractivity contribution in [1.82, 2.24) is 4.90 Å². The minimum Gasteiger partial charge on any atom is -0.493 e. The molecule has 0 N–H and O–H groups in total. The molecule has 1 aromatic heterocycles. The summed E-state index contributed by atoms with van der Waals surface area (Å²) in [6.45, 7) is 5.56. The molecule has 0 unspecified atom stereocenters. The molecule has 33 heavy (non-hydrogen) atoms. The highest BCUT2D eigenvalue weighted by Crippen LogP contribution is 2.34. The van der Waals surface area contributed by atoms with Crippen molar-refractivity contribution >= 4 is 40.3 Å². The van der Waals surface area contributed by atoms with Gasteiger partial charge in [-0.2, -0.15) is 0 Å². The Balaban J connectivity index is 1.30. The molecule has 0 aliphatic carbocycles. The minimum atomic E-state index is -0.115. The Morgan fingerprint density at radius 1 is 1.06 bits per heavy atom. The fourth-order valence-corrected chi connectivity index (χ4v) is 4.59. The van der Waals surface area contributed by atoms with Gasteiger partial charge in [0.25, 0.3) is 5.91 Å². The van der Waals surface area contributed by atoms with Crippen molar-refractivity contribution < 1.29 is 18.7 Å². The lowest BCUT2D eigenvalue weighted by Crippen LogP contribution is -2.27. The van der Waals surface area contributed by atoms with Gasteiger partial charge in [-0.05, 0) is 66.9 Å². The van der Waals surface area contributed by atoms with Gasteiger partial charge in [-0.15, -0.1) is 0 Å². The van der Waals surface area contributed by atoms with Gasteiger partial charge >= 0.3 is 0 Å². The van der Waals surface area contributed by atoms with Crippen molar-refractivity contribution in [3.63, 3.8) is 0 Å². The molecule has 7 heteroatoms. The summed E-state index contributed by atoms with van der Waals surface area (Å²) in [5, 5.41) is 0. The molecule has 3 aromatic rings. The second-order valence-corrected chi connectivity index (χ2v) is 9.41. The lowest BCUT2D eigenvalue weighted by molar-refractivity contribution is -0.122. The summed E-state index contributed by atoms with van der Waals surface area (Å²) in [5.41, 5.74) is 3.20. The summed E-state index contributed by atoms with van der Waals surface area (Å²) in [6, 6.07) is 17.5. The zero-order chi connectivity index (χ0) is 23.2. The second kappa shape index (κ2) is 10.7. The first-order valence-electron chi connectivity index (χ1n) is 10.7. The Morgan fingerprint density at radius 3 is 2.73 bits per heavy atom. The highest BCUT2D eigenvalue weighted by atomic mass is 32.2. The molecule has 2 aromatic carbocycles. The smallest absolute Gasteiger partial charge is 0.266 e. The van der Waals surface area contributed by atoms with Crippen LogP contribution in [0.3, 0.4) is 0 Å². The van der Waals surface area contributed by atoms with E-state index in [9.17, 15) is 4.79 Å². The van der Waals surface area contributed by atoms with Crippen molar-refractivity contribution in [3.8, 4) is 11.5 Å². The van der Waals surface area contributed by atoms with Crippen molar-refractivity contribution in [2.24, 2.45) is 0 Å². The number of ether oxygens (including phenoxy) is 2. The monoisotopic (exact) mass is 479 g/mol. The third kappa shape index (κ3) is 6.06. The molecule has 0 radical (unpaired) electrons. The van der Waals surface area contributed by atoms with Gasteiger partial charge < -0.3 is 13.9 Å². The van der Waals surface area contributed by atoms with Gasteiger partial charge in [-0.3, -0.25) is 9.69 Å². The summed E-state index contributed by atoms with van der Waals surface area (Å²) in [5.74, 6) is 2.25. The predicted molar refractivity (Wildman–Crippen MR) is 135 cm³/mol. The minimum absolute atomic E-state index is 0.115. The number of carbonyl (C=O) groups excluding carboxylic acids is 1. The van der Waals surface area contributed by atoms with Crippen LogP contribution in [0.5, 0.6) is 11.5 Å². The molecule has 1 aliphatic heterocycles. The Labute approximate surface area is 203 Å². The zero-order valence-electron chi connectivity index (χ0n) is 18.6. The number of rotatable bonds is 9. The molecule has 2 heterocycles. The van der Waals surface area contributed by atoms with E-state index in [-0.39, 0.29) is 5.91 Å². The second-order valence-electron chi connectivity index (χ2n) is 7.74. The number of thiocarbonyl (C=S) groups is 1. The Kier molecular flexibility index (Phi) is 7.52. The van der Waals surface area contributed by atoms with E-state index in [1.165, 1.54) is 17.3 Å². The predicted octanol–water partition coefficient (Wildman–Crippen LogP) is 6.15. The van der Waals surface area contributed by atoms with Crippen LogP contribution < -0.4 is 9.47 Å². The number of carbonyl (C=O) groups is 1. The first-order valence-corrected chi connectivity index (χ1v) is 11.9. The number of thioether (sulfide) groups is 1. The van der Waals surface area contributed by atoms with Crippen molar-refractivity contribution in [2.45, 2.75) is 26.8 Å². The SMILES string of the molecule is Cc1ccc(C)c(OCCCOc2cccc(/C=C3\SC(=S)N(Cc4ccco4)C3=O)c2)c1. The van der Waals surface area contributed by atoms with E-state index < -0.39 is 0 Å². The molecule has 170 valence electrons. The van der Waals surface area contributed by atoms with Gasteiger partial charge in [0, 0.05) is 6.42 Å². The summed E-state index contributed by atoms with van der Waals surface area (Å²) in [4.78, 5) is 14.9. The van der Waals surface area contributed by atoms with Crippen LogP contribution in [0, 0.1) is 13.8 Å². The van der Waals surface area contributed by atoms with Crippen LogP contribution in [0.15, 0.2) is 70.2 Å². The molecule has 5 nitrogen and oxygen atoms in total. The molecule has 1 amide bonds. The van der Waals surface area contributed by atoms with Gasteiger partial charge in [-0.1, -0.05) is 48.2 Å². The van der Waals surface area contributed by atoms with E-state index >= 15 is 0 Å². The normalized spacial score (nSPS) is 14.8. The molecule has 1 aliphatic rings. The van der Waals surface area contributed by atoms with Crippen LogP contribution in [0.2, 0.25) is 0 Å². The van der Waals surface area contributed by atoms with E-state index in [1.54, 1.807) is 17.2 Å². The third-order valence-corrected chi connectivity index (χ3v) is 6.46. The molecule has 0 spiro atoms. The zero-order valence-corrected chi connectivity index (χ0v) is 20.2. The van der Waals surface area contributed by atoms with E-state index in [0.717, 1.165) is 29.0 Å². The van der Waals surface area contributed by atoms with Crippen LogP contribution in [0.25, 0.3) is 6.08 Å². The Bertz CT molecular complexity index is 1170. The molecule has 0 saturated carbocycles. The molecule has 1 saturated heterocycles. The maximum atomic E-state index is 12.8. The van der Waals surface area contributed by atoms with E-state index in [1.807, 2.05) is 43.3 Å². The van der Waals surface area contributed by atoms with Crippen LogP contribution in [0.1, 0.15) is 28.9 Å². The fraction of sp³-hybridized carbons (Fsp3) is 0.231. The van der Waals surface area contributed by atoms with Gasteiger partial charge in [0.15, 0.2) is 0 Å². The van der Waals surface area contributed by atoms with Crippen LogP contribution in [-0.2, 0) is 11.3 Å². The highest BCUT2D eigenvalue weighted by Gasteiger charge is 2.32. The molecule has 1 fully saturated rings. The summed E-state index contributed by atoms with van der Waals surface area (Å²) in [6.07, 6.45) is 4.20. The Hall–Kier alpha value is -3.03. The van der Waals surface area contributed by atoms with E-state index in [2.05, 4.69) is 25.1 Å². The topological polar surface area (TPSA) is 51.9 Å². The Morgan fingerprint density at radius 2 is 1.91 bits per heavy atom. The number of amides is 1. The van der Waals surface area contributed by atoms with Gasteiger partial charge in [0.05, 0.1) is 30.9 Å². The van der Waals surface area contributed by atoms with Crippen LogP contribution in [0.4, 0.5) is 0 Å². The molecule has 4 rings (SSSR count). The fourth-order valence-electron chi connectivity index (χ4n) is 3.33. The molecule has 0 bridgehead atoms. The average molecular weight is 480 g/mol. The van der Waals surface area contributed by atoms with Gasteiger partial charge in [-0.25, -0.2) is 0 Å². The largest absolute Gasteiger partial charge is 0.493 e. The quantitative estimate of drug-likeness (QED) is 0.209. The molecule has 0 atom stereocenters. The number of aryl methyl sites for hydroxylation is 2. The standard InChI is InChI=1S/C26H25NO4S2/c1-18-9-10-19(2)23(14-18)31-13-5-12-29-21-7-3-6-20(15-21)16-24-25(28)27(26(32)33-24)17-22-8-4-11-30-22/h3-4,6-11,14-16H,5,12-13,17H2,1-2H3/b24-16-. The summed E-state index contributed by atoms with van der Waals surface area (Å²) in [7, 11) is 0. The van der Waals surface area contributed by atoms with Gasteiger partial charge in [0.1, 0.15) is 21.6 Å². The van der Waals surface area contributed by atoms with E-state index in [4.69, 9.17) is 26.1 Å². The first-order chi connectivity index (χ1) is 16.0. The molecular formula is C26H25NO4S2. The van der Waals surface area contributed by atoms with Crippen molar-refractivity contribution in [3.05, 3.63) is 88.2 Å². The number of hydrogen-bond acceptors (Lipinski definition) is 6. The van der Waals surface area contributed by atoms with E-state index in [0.29, 0.717) is 34.7 Å². The maximum absolute atomic E-state index is 12.8. The van der Waals surface area contributed by atoms with Crippen LogP contribution in [-0.4, -0.2) is 28.3 Å². The average Bonchev–Trinajstić information content (AvgIpc) is 3.40. The number of furan rings is 1. The first kappa shape index (κ1) is 23.1. The lowest BCUT2D eigenvalue weighted by atomic mass is 10.1. The lowest BCUT2D eigenvalue weighted by Gasteiger charge is -2.12. The number of hydrogen-bond donors (Lipinski definition) is 0. The number of benzene rings is 2. The van der Waals surface area contributed by atoms with Crippen molar-refractivity contribution in [2.75, 3.05) is 13.2 Å². The molecular weight excluding hydrogens is 454 g/mol. The van der Waals surface area contributed by atoms with Crippen LogP contribution >= 0.6 is 24.0 Å². The maximum Gasteiger partial charge on any atom is 0.266 e. The van der Waals surface area contributed by atoms with Crippen molar-refractivity contribution in [1.29, 1.82) is 0 Å². The highest BCUT2D eigenvalue weighted by molar-refractivity contribution is 8.26. The summed E-state index contributed by atoms with van der Waals surface area (Å²) >= 11 is 6.69.